The minimum Gasteiger partial charge on any atom is -0.465 e. The van der Waals surface area contributed by atoms with E-state index in [9.17, 15) is 4.79 Å². The second-order valence-electron chi connectivity index (χ2n) is 4.63. The normalized spacial score (nSPS) is 18.4. The first-order chi connectivity index (χ1) is 8.27. The Labute approximate surface area is 104 Å². The first-order valence-corrected chi connectivity index (χ1v) is 6.61. The van der Waals surface area contributed by atoms with Crippen molar-refractivity contribution in [2.75, 3.05) is 13.2 Å². The third-order valence-electron chi connectivity index (χ3n) is 3.32. The molecule has 0 aliphatic heterocycles. The van der Waals surface area contributed by atoms with Gasteiger partial charge >= 0.3 is 5.97 Å². The molecule has 0 heterocycles. The molecule has 1 fully saturated rings. The standard InChI is InChI=1S/C14H23NO2/c1-3-10-15-13(14(16)17-4-2)11-12-8-6-5-7-9-12/h1,12-13,15H,4-11H2,2H3. The van der Waals surface area contributed by atoms with Gasteiger partial charge in [-0.2, -0.15) is 0 Å². The molecular formula is C14H23NO2. The van der Waals surface area contributed by atoms with E-state index in [0.717, 1.165) is 6.42 Å². The molecule has 0 bridgehead atoms. The highest BCUT2D eigenvalue weighted by molar-refractivity contribution is 5.75. The van der Waals surface area contributed by atoms with E-state index in [4.69, 9.17) is 11.2 Å². The zero-order chi connectivity index (χ0) is 12.5. The van der Waals surface area contributed by atoms with Crippen LogP contribution in [-0.4, -0.2) is 25.2 Å². The molecule has 1 unspecified atom stereocenters. The van der Waals surface area contributed by atoms with Gasteiger partial charge in [-0.3, -0.25) is 10.1 Å². The highest BCUT2D eigenvalue weighted by Crippen LogP contribution is 2.27. The van der Waals surface area contributed by atoms with Crippen LogP contribution in [0.5, 0.6) is 0 Å². The molecule has 1 atom stereocenters. The molecule has 0 aromatic carbocycles. The van der Waals surface area contributed by atoms with E-state index in [-0.39, 0.29) is 12.0 Å². The minimum atomic E-state index is -0.228. The molecule has 0 spiro atoms. The molecule has 0 saturated heterocycles. The number of ether oxygens (including phenoxy) is 1. The van der Waals surface area contributed by atoms with Gasteiger partial charge in [0.2, 0.25) is 0 Å². The molecule has 3 nitrogen and oxygen atoms in total. The van der Waals surface area contributed by atoms with Crippen LogP contribution in [0, 0.1) is 18.3 Å². The molecule has 96 valence electrons. The monoisotopic (exact) mass is 237 g/mol. The van der Waals surface area contributed by atoms with Crippen molar-refractivity contribution < 1.29 is 9.53 Å². The van der Waals surface area contributed by atoms with Crippen LogP contribution in [0.1, 0.15) is 45.4 Å². The number of esters is 1. The molecule has 0 radical (unpaired) electrons. The van der Waals surface area contributed by atoms with Crippen molar-refractivity contribution in [3.05, 3.63) is 0 Å². The van der Waals surface area contributed by atoms with Gasteiger partial charge in [-0.25, -0.2) is 0 Å². The summed E-state index contributed by atoms with van der Waals surface area (Å²) in [6, 6.07) is -0.228. The maximum Gasteiger partial charge on any atom is 0.323 e. The van der Waals surface area contributed by atoms with Gasteiger partial charge in [-0.1, -0.05) is 38.0 Å². The number of carbonyl (C=O) groups excluding carboxylic acids is 1. The Balaban J connectivity index is 2.43. The van der Waals surface area contributed by atoms with E-state index < -0.39 is 0 Å². The van der Waals surface area contributed by atoms with Crippen molar-refractivity contribution in [3.63, 3.8) is 0 Å². The largest absolute Gasteiger partial charge is 0.465 e. The first kappa shape index (κ1) is 14.1. The third kappa shape index (κ3) is 5.23. The fourth-order valence-electron chi connectivity index (χ4n) is 2.44. The topological polar surface area (TPSA) is 38.3 Å². The van der Waals surface area contributed by atoms with Crippen LogP contribution in [0.2, 0.25) is 0 Å². The second kappa shape index (κ2) is 8.14. The number of rotatable bonds is 6. The Hall–Kier alpha value is -1.01. The highest BCUT2D eigenvalue weighted by atomic mass is 16.5. The van der Waals surface area contributed by atoms with Crippen molar-refractivity contribution in [1.29, 1.82) is 0 Å². The van der Waals surface area contributed by atoms with E-state index in [0.29, 0.717) is 19.1 Å². The highest BCUT2D eigenvalue weighted by Gasteiger charge is 2.24. The summed E-state index contributed by atoms with van der Waals surface area (Å²) in [5.41, 5.74) is 0. The van der Waals surface area contributed by atoms with Crippen molar-refractivity contribution >= 4 is 5.97 Å². The minimum absolute atomic E-state index is 0.159. The number of carbonyl (C=O) groups is 1. The lowest BCUT2D eigenvalue weighted by molar-refractivity contribution is -0.146. The quantitative estimate of drug-likeness (QED) is 0.568. The zero-order valence-corrected chi connectivity index (χ0v) is 10.7. The number of terminal acetylenes is 1. The van der Waals surface area contributed by atoms with Crippen LogP contribution in [0.25, 0.3) is 0 Å². The van der Waals surface area contributed by atoms with Crippen LogP contribution in [0.4, 0.5) is 0 Å². The zero-order valence-electron chi connectivity index (χ0n) is 10.7. The lowest BCUT2D eigenvalue weighted by Crippen LogP contribution is -2.40. The summed E-state index contributed by atoms with van der Waals surface area (Å²) >= 11 is 0. The Morgan fingerprint density at radius 3 is 2.76 bits per heavy atom. The van der Waals surface area contributed by atoms with Gasteiger partial charge in [0.05, 0.1) is 13.2 Å². The Bertz CT molecular complexity index is 264. The molecule has 1 saturated carbocycles. The molecule has 1 rings (SSSR count). The molecule has 0 aromatic rings. The van der Waals surface area contributed by atoms with Crippen molar-refractivity contribution in [3.8, 4) is 12.3 Å². The maximum atomic E-state index is 11.8. The number of hydrogen-bond donors (Lipinski definition) is 1. The Kier molecular flexibility index (Phi) is 6.73. The summed E-state index contributed by atoms with van der Waals surface area (Å²) in [6.45, 7) is 2.69. The molecule has 3 heteroatoms. The SMILES string of the molecule is C#CCNC(CC1CCCCC1)C(=O)OCC. The molecule has 1 N–H and O–H groups in total. The summed E-state index contributed by atoms with van der Waals surface area (Å²) in [4.78, 5) is 11.8. The van der Waals surface area contributed by atoms with Crippen molar-refractivity contribution in [2.24, 2.45) is 5.92 Å². The van der Waals surface area contributed by atoms with E-state index >= 15 is 0 Å². The van der Waals surface area contributed by atoms with Gasteiger partial charge in [0.25, 0.3) is 0 Å². The van der Waals surface area contributed by atoms with E-state index in [1.807, 2.05) is 6.92 Å². The average Bonchev–Trinajstić information content (AvgIpc) is 2.36. The van der Waals surface area contributed by atoms with E-state index in [1.165, 1.54) is 32.1 Å². The molecule has 0 amide bonds. The van der Waals surface area contributed by atoms with Crippen molar-refractivity contribution in [1.82, 2.24) is 5.32 Å². The van der Waals surface area contributed by atoms with Gasteiger partial charge in [0.15, 0.2) is 0 Å². The van der Waals surface area contributed by atoms with Gasteiger partial charge < -0.3 is 4.74 Å². The lowest BCUT2D eigenvalue weighted by Gasteiger charge is -2.25. The summed E-state index contributed by atoms with van der Waals surface area (Å²) in [5, 5.41) is 3.09. The maximum absolute atomic E-state index is 11.8. The first-order valence-electron chi connectivity index (χ1n) is 6.61. The van der Waals surface area contributed by atoms with E-state index in [1.54, 1.807) is 0 Å². The average molecular weight is 237 g/mol. The Morgan fingerprint density at radius 2 is 2.18 bits per heavy atom. The van der Waals surface area contributed by atoms with Gasteiger partial charge in [0, 0.05) is 0 Å². The molecule has 17 heavy (non-hydrogen) atoms. The molecule has 1 aliphatic carbocycles. The third-order valence-corrected chi connectivity index (χ3v) is 3.32. The number of nitrogens with one attached hydrogen (secondary N) is 1. The summed E-state index contributed by atoms with van der Waals surface area (Å²) in [5.74, 6) is 3.00. The predicted molar refractivity (Wildman–Crippen MR) is 68.4 cm³/mol. The Morgan fingerprint density at radius 1 is 1.47 bits per heavy atom. The van der Waals surface area contributed by atoms with Crippen LogP contribution < -0.4 is 5.32 Å². The summed E-state index contributed by atoms with van der Waals surface area (Å²) in [6.07, 6.45) is 12.4. The molecule has 0 aromatic heterocycles. The van der Waals surface area contributed by atoms with Crippen LogP contribution in [0.15, 0.2) is 0 Å². The van der Waals surface area contributed by atoms with E-state index in [2.05, 4.69) is 11.2 Å². The summed E-state index contributed by atoms with van der Waals surface area (Å²) in [7, 11) is 0. The predicted octanol–water partition coefficient (Wildman–Crippen LogP) is 2.11. The smallest absolute Gasteiger partial charge is 0.323 e. The molecule has 1 aliphatic rings. The lowest BCUT2D eigenvalue weighted by atomic mass is 9.85. The fraction of sp³-hybridized carbons (Fsp3) is 0.786. The van der Waals surface area contributed by atoms with Gasteiger partial charge in [-0.15, -0.1) is 6.42 Å². The second-order valence-corrected chi connectivity index (χ2v) is 4.63. The molecular weight excluding hydrogens is 214 g/mol. The summed E-state index contributed by atoms with van der Waals surface area (Å²) < 4.78 is 5.07. The number of hydrogen-bond acceptors (Lipinski definition) is 3. The van der Waals surface area contributed by atoms with Crippen LogP contribution in [0.3, 0.4) is 0 Å². The van der Waals surface area contributed by atoms with Gasteiger partial charge in [0.1, 0.15) is 6.04 Å². The van der Waals surface area contributed by atoms with Crippen LogP contribution >= 0.6 is 0 Å². The van der Waals surface area contributed by atoms with Gasteiger partial charge in [-0.05, 0) is 19.3 Å². The van der Waals surface area contributed by atoms with Crippen LogP contribution in [-0.2, 0) is 9.53 Å². The van der Waals surface area contributed by atoms with Crippen molar-refractivity contribution in [2.45, 2.75) is 51.5 Å². The fourth-order valence-corrected chi connectivity index (χ4v) is 2.44.